The molecule has 0 aliphatic heterocycles. The third kappa shape index (κ3) is 1.94. The van der Waals surface area contributed by atoms with Crippen LogP contribution < -0.4 is 10.5 Å². The second-order valence-corrected chi connectivity index (χ2v) is 2.42. The summed E-state index contributed by atoms with van der Waals surface area (Å²) in [5, 5.41) is 8.69. The topological polar surface area (TPSA) is 111 Å². The quantitative estimate of drug-likeness (QED) is 0.665. The van der Waals surface area contributed by atoms with Gasteiger partial charge in [0.1, 0.15) is 6.07 Å². The number of rotatable bonds is 2. The molecule has 1 heterocycles. The Morgan fingerprint density at radius 2 is 2.13 bits per heavy atom. The predicted octanol–water partition coefficient (Wildman–Crippen LogP) is -0.274. The monoisotopic (exact) mass is 208 g/mol. The number of nitrogens with zero attached hydrogens (tertiary/aromatic N) is 3. The van der Waals surface area contributed by atoms with Gasteiger partial charge in [-0.15, -0.1) is 0 Å². The van der Waals surface area contributed by atoms with Crippen molar-refractivity contribution in [3.05, 3.63) is 11.4 Å². The normalized spacial score (nSPS) is 9.13. The molecule has 0 aliphatic rings. The van der Waals surface area contributed by atoms with E-state index < -0.39 is 5.97 Å². The number of hydrogen-bond donors (Lipinski definition) is 1. The molecule has 15 heavy (non-hydrogen) atoms. The van der Waals surface area contributed by atoms with E-state index in [2.05, 4.69) is 14.7 Å². The number of aromatic nitrogens is 2. The minimum Gasteiger partial charge on any atom is -0.479 e. The smallest absolute Gasteiger partial charge is 0.360 e. The van der Waals surface area contributed by atoms with Gasteiger partial charge in [-0.25, -0.2) is 9.78 Å². The summed E-state index contributed by atoms with van der Waals surface area (Å²) in [7, 11) is 2.50. The second kappa shape index (κ2) is 4.23. The molecular weight excluding hydrogens is 200 g/mol. The Balaban J connectivity index is 3.33. The van der Waals surface area contributed by atoms with Crippen LogP contribution in [0, 0.1) is 11.3 Å². The van der Waals surface area contributed by atoms with Crippen LogP contribution in [0.2, 0.25) is 0 Å². The van der Waals surface area contributed by atoms with Crippen molar-refractivity contribution >= 4 is 11.8 Å². The highest BCUT2D eigenvalue weighted by atomic mass is 16.5. The molecule has 0 saturated heterocycles. The van der Waals surface area contributed by atoms with E-state index in [1.165, 1.54) is 14.2 Å². The van der Waals surface area contributed by atoms with Crippen molar-refractivity contribution in [2.24, 2.45) is 0 Å². The number of hydrogen-bond acceptors (Lipinski definition) is 7. The lowest BCUT2D eigenvalue weighted by Gasteiger charge is -2.05. The van der Waals surface area contributed by atoms with Gasteiger partial charge < -0.3 is 15.2 Å². The molecule has 0 aliphatic carbocycles. The summed E-state index contributed by atoms with van der Waals surface area (Å²) in [6.07, 6.45) is 0. The number of carbonyl (C=O) groups excluding carboxylic acids is 1. The van der Waals surface area contributed by atoms with Crippen LogP contribution >= 0.6 is 0 Å². The van der Waals surface area contributed by atoms with Crippen LogP contribution in [0.5, 0.6) is 5.88 Å². The van der Waals surface area contributed by atoms with Crippen molar-refractivity contribution in [2.75, 3.05) is 20.0 Å². The van der Waals surface area contributed by atoms with Crippen LogP contribution in [-0.4, -0.2) is 30.2 Å². The highest BCUT2D eigenvalue weighted by molar-refractivity contribution is 5.92. The Kier molecular flexibility index (Phi) is 3.03. The standard InChI is InChI=1S/C8H8N4O3/c1-14-7-4(3-9)11-5(6(10)12-7)8(13)15-2/h1-2H3,(H2,10,12). The van der Waals surface area contributed by atoms with Crippen LogP contribution in [0.15, 0.2) is 0 Å². The summed E-state index contributed by atoms with van der Waals surface area (Å²) in [4.78, 5) is 18.5. The molecule has 0 unspecified atom stereocenters. The fourth-order valence-corrected chi connectivity index (χ4v) is 0.894. The number of carbonyl (C=O) groups is 1. The molecule has 0 bridgehead atoms. The lowest BCUT2D eigenvalue weighted by atomic mass is 10.3. The molecule has 2 N–H and O–H groups in total. The van der Waals surface area contributed by atoms with Crippen molar-refractivity contribution in [2.45, 2.75) is 0 Å². The van der Waals surface area contributed by atoms with Crippen molar-refractivity contribution < 1.29 is 14.3 Å². The van der Waals surface area contributed by atoms with E-state index >= 15 is 0 Å². The average Bonchev–Trinajstić information content (AvgIpc) is 2.27. The van der Waals surface area contributed by atoms with Gasteiger partial charge in [-0.05, 0) is 0 Å². The maximum Gasteiger partial charge on any atom is 0.360 e. The van der Waals surface area contributed by atoms with Crippen molar-refractivity contribution in [3.8, 4) is 11.9 Å². The average molecular weight is 208 g/mol. The number of methoxy groups -OCH3 is 2. The molecule has 0 atom stereocenters. The molecule has 0 fully saturated rings. The number of ether oxygens (including phenoxy) is 2. The molecule has 0 radical (unpaired) electrons. The minimum atomic E-state index is -0.751. The first kappa shape index (κ1) is 10.7. The van der Waals surface area contributed by atoms with Crippen molar-refractivity contribution in [1.82, 2.24) is 9.97 Å². The summed E-state index contributed by atoms with van der Waals surface area (Å²) in [6.45, 7) is 0. The van der Waals surface area contributed by atoms with Crippen LogP contribution in [-0.2, 0) is 4.74 Å². The predicted molar refractivity (Wildman–Crippen MR) is 49.1 cm³/mol. The fraction of sp³-hybridized carbons (Fsp3) is 0.250. The zero-order chi connectivity index (χ0) is 11.4. The van der Waals surface area contributed by atoms with E-state index in [0.717, 1.165) is 0 Å². The molecule has 0 saturated carbocycles. The molecule has 7 nitrogen and oxygen atoms in total. The number of nitrogens with two attached hydrogens (primary N) is 1. The maximum absolute atomic E-state index is 11.1. The molecule has 1 aromatic rings. The molecule has 1 aromatic heterocycles. The van der Waals surface area contributed by atoms with Gasteiger partial charge in [0.2, 0.25) is 5.69 Å². The van der Waals surface area contributed by atoms with Gasteiger partial charge >= 0.3 is 5.97 Å². The van der Waals surface area contributed by atoms with Gasteiger partial charge in [0, 0.05) is 0 Å². The first-order valence-corrected chi connectivity index (χ1v) is 3.84. The second-order valence-electron chi connectivity index (χ2n) is 2.42. The Labute approximate surface area is 85.5 Å². The lowest BCUT2D eigenvalue weighted by molar-refractivity contribution is 0.0594. The molecule has 0 amide bonds. The third-order valence-corrected chi connectivity index (χ3v) is 1.57. The maximum atomic E-state index is 11.1. The number of nitriles is 1. The van der Waals surface area contributed by atoms with Crippen LogP contribution in [0.3, 0.4) is 0 Å². The van der Waals surface area contributed by atoms with Crippen molar-refractivity contribution in [3.63, 3.8) is 0 Å². The summed E-state index contributed by atoms with van der Waals surface area (Å²) >= 11 is 0. The van der Waals surface area contributed by atoms with Gasteiger partial charge in [-0.2, -0.15) is 10.2 Å². The summed E-state index contributed by atoms with van der Waals surface area (Å²) < 4.78 is 9.18. The van der Waals surface area contributed by atoms with Gasteiger partial charge in [-0.1, -0.05) is 0 Å². The molecule has 0 spiro atoms. The zero-order valence-corrected chi connectivity index (χ0v) is 8.14. The van der Waals surface area contributed by atoms with E-state index in [0.29, 0.717) is 0 Å². The highest BCUT2D eigenvalue weighted by Gasteiger charge is 2.18. The first-order chi connectivity index (χ1) is 7.13. The highest BCUT2D eigenvalue weighted by Crippen LogP contribution is 2.17. The Morgan fingerprint density at radius 3 is 2.60 bits per heavy atom. The Morgan fingerprint density at radius 1 is 1.47 bits per heavy atom. The molecule has 78 valence electrons. The Hall–Kier alpha value is -2.36. The largest absolute Gasteiger partial charge is 0.479 e. The van der Waals surface area contributed by atoms with E-state index in [1.54, 1.807) is 6.07 Å². The van der Waals surface area contributed by atoms with Crippen LogP contribution in [0.1, 0.15) is 16.2 Å². The van der Waals surface area contributed by atoms with E-state index in [1.807, 2.05) is 0 Å². The summed E-state index contributed by atoms with van der Waals surface area (Å²) in [6, 6.07) is 1.73. The third-order valence-electron chi connectivity index (χ3n) is 1.57. The molecule has 1 rings (SSSR count). The fourth-order valence-electron chi connectivity index (χ4n) is 0.894. The lowest BCUT2D eigenvalue weighted by Crippen LogP contribution is -2.12. The number of anilines is 1. The molecule has 7 heteroatoms. The summed E-state index contributed by atoms with van der Waals surface area (Å²) in [5.41, 5.74) is 5.12. The van der Waals surface area contributed by atoms with Crippen LogP contribution in [0.25, 0.3) is 0 Å². The zero-order valence-electron chi connectivity index (χ0n) is 8.14. The van der Waals surface area contributed by atoms with E-state index in [4.69, 9.17) is 15.7 Å². The molecular formula is C8H8N4O3. The number of esters is 1. The minimum absolute atomic E-state index is 0.0253. The van der Waals surface area contributed by atoms with E-state index in [-0.39, 0.29) is 23.1 Å². The van der Waals surface area contributed by atoms with Gasteiger partial charge in [-0.3, -0.25) is 0 Å². The van der Waals surface area contributed by atoms with E-state index in [9.17, 15) is 4.79 Å². The summed E-state index contributed by atoms with van der Waals surface area (Å²) in [5.74, 6) is -0.917. The SMILES string of the molecule is COC(=O)c1nc(C#N)c(OC)nc1N. The molecule has 0 aromatic carbocycles. The number of nitrogen functional groups attached to an aromatic ring is 1. The van der Waals surface area contributed by atoms with Gasteiger partial charge in [0.05, 0.1) is 14.2 Å². The van der Waals surface area contributed by atoms with Crippen molar-refractivity contribution in [1.29, 1.82) is 5.26 Å². The van der Waals surface area contributed by atoms with Crippen LogP contribution in [0.4, 0.5) is 5.82 Å². The van der Waals surface area contributed by atoms with Gasteiger partial charge in [0.25, 0.3) is 5.88 Å². The van der Waals surface area contributed by atoms with Gasteiger partial charge in [0.15, 0.2) is 11.5 Å². The Bertz CT molecular complexity index is 438. The first-order valence-electron chi connectivity index (χ1n) is 3.84.